The summed E-state index contributed by atoms with van der Waals surface area (Å²) in [4.78, 5) is 28.0. The minimum atomic E-state index is -0.570. The molecule has 0 unspecified atom stereocenters. The van der Waals surface area contributed by atoms with Crippen molar-refractivity contribution in [3.8, 4) is 11.1 Å². The standard InChI is InChI=1S/C18H23N3O3/c1-6-21-11-13(7-8-16(21)22)14-9-15(12(2)19-10-14)20-17(23)24-18(3,4)5/h7-11H,6H2,1-5H3,(H,20,23). The van der Waals surface area contributed by atoms with Crippen LogP contribution >= 0.6 is 0 Å². The lowest BCUT2D eigenvalue weighted by Gasteiger charge is -2.20. The Bertz CT molecular complexity index is 804. The average Bonchev–Trinajstić information content (AvgIpc) is 2.48. The summed E-state index contributed by atoms with van der Waals surface area (Å²) in [5.74, 6) is 0. The van der Waals surface area contributed by atoms with E-state index in [2.05, 4.69) is 10.3 Å². The molecule has 0 radical (unpaired) electrons. The van der Waals surface area contributed by atoms with Crippen LogP contribution in [0.2, 0.25) is 0 Å². The molecule has 0 bridgehead atoms. The molecule has 2 rings (SSSR count). The molecule has 0 aliphatic heterocycles. The normalized spacial score (nSPS) is 11.2. The number of aryl methyl sites for hydroxylation is 2. The maximum absolute atomic E-state index is 12.0. The molecular formula is C18H23N3O3. The van der Waals surface area contributed by atoms with Gasteiger partial charge in [-0.1, -0.05) is 0 Å². The van der Waals surface area contributed by atoms with E-state index in [0.717, 1.165) is 11.1 Å². The summed E-state index contributed by atoms with van der Waals surface area (Å²) in [5, 5.41) is 2.72. The Morgan fingerprint density at radius 3 is 2.62 bits per heavy atom. The van der Waals surface area contributed by atoms with Gasteiger partial charge in [-0.25, -0.2) is 4.79 Å². The largest absolute Gasteiger partial charge is 0.444 e. The molecule has 24 heavy (non-hydrogen) atoms. The van der Waals surface area contributed by atoms with Crippen molar-refractivity contribution in [2.24, 2.45) is 0 Å². The van der Waals surface area contributed by atoms with Gasteiger partial charge in [0.2, 0.25) is 0 Å². The highest BCUT2D eigenvalue weighted by Gasteiger charge is 2.17. The van der Waals surface area contributed by atoms with E-state index in [1.807, 2.05) is 40.7 Å². The highest BCUT2D eigenvalue weighted by Crippen LogP contribution is 2.23. The number of hydrogen-bond acceptors (Lipinski definition) is 4. The first kappa shape index (κ1) is 17.7. The number of nitrogens with one attached hydrogen (secondary N) is 1. The maximum atomic E-state index is 12.0. The number of rotatable bonds is 3. The van der Waals surface area contributed by atoms with Gasteiger partial charge < -0.3 is 9.30 Å². The van der Waals surface area contributed by atoms with Crippen molar-refractivity contribution in [2.45, 2.75) is 46.8 Å². The van der Waals surface area contributed by atoms with Crippen LogP contribution in [0, 0.1) is 6.92 Å². The summed E-state index contributed by atoms with van der Waals surface area (Å²) in [5.41, 5.74) is 2.32. The molecule has 0 atom stereocenters. The van der Waals surface area contributed by atoms with Crippen LogP contribution in [0.25, 0.3) is 11.1 Å². The lowest BCUT2D eigenvalue weighted by Crippen LogP contribution is -2.27. The molecule has 0 fully saturated rings. The topological polar surface area (TPSA) is 73.2 Å². The van der Waals surface area contributed by atoms with Crippen LogP contribution in [0.5, 0.6) is 0 Å². The molecule has 2 aromatic rings. The summed E-state index contributed by atoms with van der Waals surface area (Å²) in [6.45, 7) is 9.73. The van der Waals surface area contributed by atoms with Gasteiger partial charge in [0.25, 0.3) is 5.56 Å². The SMILES string of the molecule is CCn1cc(-c2cnc(C)c(NC(=O)OC(C)(C)C)c2)ccc1=O. The van der Waals surface area contributed by atoms with Crippen molar-refractivity contribution in [1.29, 1.82) is 0 Å². The molecule has 0 saturated carbocycles. The van der Waals surface area contributed by atoms with Gasteiger partial charge in [0.15, 0.2) is 0 Å². The fraction of sp³-hybridized carbons (Fsp3) is 0.389. The fourth-order valence-electron chi connectivity index (χ4n) is 2.18. The number of amides is 1. The van der Waals surface area contributed by atoms with E-state index in [0.29, 0.717) is 17.9 Å². The quantitative estimate of drug-likeness (QED) is 0.934. The van der Waals surface area contributed by atoms with E-state index in [9.17, 15) is 9.59 Å². The van der Waals surface area contributed by atoms with E-state index in [1.54, 1.807) is 23.0 Å². The summed E-state index contributed by atoms with van der Waals surface area (Å²) in [6, 6.07) is 5.10. The van der Waals surface area contributed by atoms with Gasteiger partial charge in [-0.05, 0) is 52.3 Å². The van der Waals surface area contributed by atoms with Crippen LogP contribution in [0.4, 0.5) is 10.5 Å². The summed E-state index contributed by atoms with van der Waals surface area (Å²) in [7, 11) is 0. The monoisotopic (exact) mass is 329 g/mol. The average molecular weight is 329 g/mol. The van der Waals surface area contributed by atoms with Crippen molar-refractivity contribution in [3.63, 3.8) is 0 Å². The molecule has 0 spiro atoms. The van der Waals surface area contributed by atoms with Crippen LogP contribution in [0.3, 0.4) is 0 Å². The van der Waals surface area contributed by atoms with Crippen LogP contribution in [-0.2, 0) is 11.3 Å². The molecule has 6 nitrogen and oxygen atoms in total. The zero-order valence-corrected chi connectivity index (χ0v) is 14.7. The number of nitrogens with zero attached hydrogens (tertiary/aromatic N) is 2. The predicted molar refractivity (Wildman–Crippen MR) is 94.2 cm³/mol. The molecule has 2 heterocycles. The minimum Gasteiger partial charge on any atom is -0.444 e. The van der Waals surface area contributed by atoms with E-state index >= 15 is 0 Å². The molecule has 6 heteroatoms. The number of ether oxygens (including phenoxy) is 1. The third-order valence-corrected chi connectivity index (χ3v) is 3.38. The molecule has 1 amide bonds. The predicted octanol–water partition coefficient (Wildman–Crippen LogP) is 3.59. The molecular weight excluding hydrogens is 306 g/mol. The van der Waals surface area contributed by atoms with Gasteiger partial charge >= 0.3 is 6.09 Å². The minimum absolute atomic E-state index is 0.0478. The zero-order valence-electron chi connectivity index (χ0n) is 14.7. The van der Waals surface area contributed by atoms with Gasteiger partial charge in [0, 0.05) is 30.6 Å². The second-order valence-electron chi connectivity index (χ2n) is 6.53. The summed E-state index contributed by atoms with van der Waals surface area (Å²) < 4.78 is 6.89. The smallest absolute Gasteiger partial charge is 0.412 e. The molecule has 0 saturated heterocycles. The van der Waals surface area contributed by atoms with E-state index in [1.165, 1.54) is 6.07 Å². The molecule has 0 aliphatic carbocycles. The third kappa shape index (κ3) is 4.44. The van der Waals surface area contributed by atoms with Gasteiger partial charge in [0.1, 0.15) is 5.60 Å². The van der Waals surface area contributed by atoms with Crippen molar-refractivity contribution in [1.82, 2.24) is 9.55 Å². The van der Waals surface area contributed by atoms with Gasteiger partial charge in [-0.3, -0.25) is 15.1 Å². The third-order valence-electron chi connectivity index (χ3n) is 3.38. The number of pyridine rings is 2. The number of aromatic nitrogens is 2. The Morgan fingerprint density at radius 2 is 2.00 bits per heavy atom. The highest BCUT2D eigenvalue weighted by atomic mass is 16.6. The maximum Gasteiger partial charge on any atom is 0.412 e. The van der Waals surface area contributed by atoms with Crippen LogP contribution in [0.15, 0.2) is 35.4 Å². The van der Waals surface area contributed by atoms with Crippen molar-refractivity contribution in [2.75, 3.05) is 5.32 Å². The number of hydrogen-bond donors (Lipinski definition) is 1. The number of carbonyl (C=O) groups excluding carboxylic acids is 1. The van der Waals surface area contributed by atoms with E-state index in [-0.39, 0.29) is 5.56 Å². The van der Waals surface area contributed by atoms with Crippen molar-refractivity contribution in [3.05, 3.63) is 46.6 Å². The molecule has 0 aliphatic rings. The van der Waals surface area contributed by atoms with Crippen molar-refractivity contribution >= 4 is 11.8 Å². The first-order valence-corrected chi connectivity index (χ1v) is 7.87. The van der Waals surface area contributed by atoms with Crippen LogP contribution < -0.4 is 10.9 Å². The van der Waals surface area contributed by atoms with E-state index < -0.39 is 11.7 Å². The summed E-state index contributed by atoms with van der Waals surface area (Å²) in [6.07, 6.45) is 2.98. The highest BCUT2D eigenvalue weighted by molar-refractivity contribution is 5.86. The zero-order chi connectivity index (χ0) is 17.9. The lowest BCUT2D eigenvalue weighted by atomic mass is 10.1. The fourth-order valence-corrected chi connectivity index (χ4v) is 2.18. The van der Waals surface area contributed by atoms with Gasteiger partial charge in [0.05, 0.1) is 11.4 Å². The molecule has 2 aromatic heterocycles. The first-order valence-electron chi connectivity index (χ1n) is 7.87. The van der Waals surface area contributed by atoms with Crippen LogP contribution in [0.1, 0.15) is 33.4 Å². The second kappa shape index (κ2) is 6.86. The Balaban J connectivity index is 2.32. The molecule has 1 N–H and O–H groups in total. The lowest BCUT2D eigenvalue weighted by molar-refractivity contribution is 0.0635. The molecule has 128 valence electrons. The van der Waals surface area contributed by atoms with E-state index in [4.69, 9.17) is 4.74 Å². The summed E-state index contributed by atoms with van der Waals surface area (Å²) >= 11 is 0. The Labute approximate surface area is 141 Å². The van der Waals surface area contributed by atoms with Crippen molar-refractivity contribution < 1.29 is 9.53 Å². The number of anilines is 1. The second-order valence-corrected chi connectivity index (χ2v) is 6.53. The van der Waals surface area contributed by atoms with Gasteiger partial charge in [-0.15, -0.1) is 0 Å². The molecule has 0 aromatic carbocycles. The Hall–Kier alpha value is -2.63. The van der Waals surface area contributed by atoms with Crippen LogP contribution in [-0.4, -0.2) is 21.2 Å². The van der Waals surface area contributed by atoms with Gasteiger partial charge in [-0.2, -0.15) is 0 Å². The first-order chi connectivity index (χ1) is 11.2. The number of carbonyl (C=O) groups is 1. The Morgan fingerprint density at radius 1 is 1.29 bits per heavy atom. The Kier molecular flexibility index (Phi) is 5.07.